The van der Waals surface area contributed by atoms with Gasteiger partial charge < -0.3 is 14.8 Å². The molecule has 0 unspecified atom stereocenters. The molecule has 2 N–H and O–H groups in total. The topological polar surface area (TPSA) is 89.0 Å². The third-order valence-electron chi connectivity index (χ3n) is 3.39. The van der Waals surface area contributed by atoms with Gasteiger partial charge in [0, 0.05) is 5.69 Å². The van der Waals surface area contributed by atoms with Gasteiger partial charge in [0.05, 0.1) is 23.9 Å². The highest BCUT2D eigenvalue weighted by atomic mass is 79.9. The Balaban J connectivity index is 1.93. The molecule has 2 aromatic rings. The van der Waals surface area contributed by atoms with E-state index in [0.29, 0.717) is 27.2 Å². The predicted octanol–water partition coefficient (Wildman–Crippen LogP) is 3.72. The Bertz CT molecular complexity index is 854. The van der Waals surface area contributed by atoms with Crippen LogP contribution in [0.15, 0.2) is 52.0 Å². The van der Waals surface area contributed by atoms with E-state index in [9.17, 15) is 9.59 Å². The van der Waals surface area contributed by atoms with Crippen LogP contribution in [0.1, 0.15) is 25.8 Å². The van der Waals surface area contributed by atoms with Gasteiger partial charge in [0.25, 0.3) is 0 Å². The zero-order chi connectivity index (χ0) is 20.5. The van der Waals surface area contributed by atoms with E-state index in [1.54, 1.807) is 43.5 Å². The number of hydrogen-bond acceptors (Lipinski definition) is 5. The van der Waals surface area contributed by atoms with E-state index in [2.05, 4.69) is 31.8 Å². The molecule has 0 aliphatic heterocycles. The number of para-hydroxylation sites is 1. The van der Waals surface area contributed by atoms with Crippen molar-refractivity contribution in [3.05, 3.63) is 52.5 Å². The lowest BCUT2D eigenvalue weighted by atomic mass is 10.2. The maximum Gasteiger partial charge on any atom is 0.249 e. The first-order valence-electron chi connectivity index (χ1n) is 8.60. The normalized spacial score (nSPS) is 10.8. The molecule has 2 rings (SSSR count). The molecule has 0 fully saturated rings. The number of halogens is 1. The first-order valence-corrected chi connectivity index (χ1v) is 9.39. The molecule has 0 aliphatic carbocycles. The summed E-state index contributed by atoms with van der Waals surface area (Å²) in [5.41, 5.74) is 3.65. The van der Waals surface area contributed by atoms with Crippen molar-refractivity contribution in [2.45, 2.75) is 26.4 Å². The van der Waals surface area contributed by atoms with Crippen LogP contribution in [0.25, 0.3) is 0 Å². The van der Waals surface area contributed by atoms with Crippen LogP contribution in [-0.2, 0) is 9.59 Å². The van der Waals surface area contributed by atoms with E-state index >= 15 is 0 Å². The van der Waals surface area contributed by atoms with E-state index in [-0.39, 0.29) is 12.5 Å². The van der Waals surface area contributed by atoms with Gasteiger partial charge in [0.1, 0.15) is 6.42 Å². The average molecular weight is 448 g/mol. The number of rotatable bonds is 8. The number of carbonyl (C=O) groups excluding carboxylic acids is 2. The molecule has 0 heterocycles. The van der Waals surface area contributed by atoms with E-state index in [1.807, 2.05) is 19.9 Å². The Hall–Kier alpha value is -2.87. The summed E-state index contributed by atoms with van der Waals surface area (Å²) in [6, 6.07) is 12.4. The highest BCUT2D eigenvalue weighted by Gasteiger charge is 2.13. The SMILES string of the molecule is COc1cc(C=NNC(=O)CC(=O)Nc2ccccc2)cc(Br)c1OC(C)C. The van der Waals surface area contributed by atoms with Crippen LogP contribution < -0.4 is 20.2 Å². The number of nitrogens with one attached hydrogen (secondary N) is 2. The largest absolute Gasteiger partial charge is 0.493 e. The molecule has 0 radical (unpaired) electrons. The van der Waals surface area contributed by atoms with Gasteiger partial charge in [-0.25, -0.2) is 5.43 Å². The lowest BCUT2D eigenvalue weighted by Gasteiger charge is -2.15. The van der Waals surface area contributed by atoms with Crippen molar-refractivity contribution in [3.8, 4) is 11.5 Å². The van der Waals surface area contributed by atoms with Gasteiger partial charge in [-0.15, -0.1) is 0 Å². The van der Waals surface area contributed by atoms with Crippen LogP contribution in [0.3, 0.4) is 0 Å². The molecule has 0 atom stereocenters. The lowest BCUT2D eigenvalue weighted by Crippen LogP contribution is -2.24. The molecule has 0 aliphatic rings. The van der Waals surface area contributed by atoms with Gasteiger partial charge in [-0.3, -0.25) is 9.59 Å². The number of hydrazone groups is 1. The maximum atomic E-state index is 11.9. The first-order chi connectivity index (χ1) is 13.4. The van der Waals surface area contributed by atoms with Gasteiger partial charge in [0.15, 0.2) is 11.5 Å². The summed E-state index contributed by atoms with van der Waals surface area (Å²) >= 11 is 3.45. The van der Waals surface area contributed by atoms with E-state index in [0.717, 1.165) is 0 Å². The fourth-order valence-electron chi connectivity index (χ4n) is 2.26. The second kappa shape index (κ2) is 10.5. The fraction of sp³-hybridized carbons (Fsp3) is 0.250. The van der Waals surface area contributed by atoms with Crippen molar-refractivity contribution in [1.29, 1.82) is 0 Å². The third kappa shape index (κ3) is 6.70. The predicted molar refractivity (Wildman–Crippen MR) is 112 cm³/mol. The number of anilines is 1. The van der Waals surface area contributed by atoms with Crippen molar-refractivity contribution >= 4 is 39.6 Å². The fourth-order valence-corrected chi connectivity index (χ4v) is 2.81. The molecule has 2 amide bonds. The summed E-state index contributed by atoms with van der Waals surface area (Å²) < 4.78 is 11.8. The van der Waals surface area contributed by atoms with Crippen molar-refractivity contribution in [2.75, 3.05) is 12.4 Å². The van der Waals surface area contributed by atoms with Crippen LogP contribution in [0.2, 0.25) is 0 Å². The lowest BCUT2D eigenvalue weighted by molar-refractivity contribution is -0.126. The van der Waals surface area contributed by atoms with Gasteiger partial charge in [-0.1, -0.05) is 18.2 Å². The van der Waals surface area contributed by atoms with Crippen LogP contribution in [0.4, 0.5) is 5.69 Å². The van der Waals surface area contributed by atoms with Crippen LogP contribution in [0.5, 0.6) is 11.5 Å². The summed E-state index contributed by atoms with van der Waals surface area (Å²) in [5.74, 6) is 0.198. The minimum absolute atomic E-state index is 0.00830. The number of nitrogens with zero attached hydrogens (tertiary/aromatic N) is 1. The van der Waals surface area contributed by atoms with Crippen LogP contribution >= 0.6 is 15.9 Å². The Morgan fingerprint density at radius 2 is 1.89 bits per heavy atom. The van der Waals surface area contributed by atoms with E-state index < -0.39 is 11.8 Å². The smallest absolute Gasteiger partial charge is 0.249 e. The quantitative estimate of drug-likeness (QED) is 0.366. The summed E-state index contributed by atoms with van der Waals surface area (Å²) in [6.45, 7) is 3.84. The molecular weight excluding hydrogens is 426 g/mol. The zero-order valence-corrected chi connectivity index (χ0v) is 17.4. The van der Waals surface area contributed by atoms with Crippen molar-refractivity contribution in [2.24, 2.45) is 5.10 Å². The Labute approximate surface area is 172 Å². The zero-order valence-electron chi connectivity index (χ0n) is 15.9. The standard InChI is InChI=1S/C20H22BrN3O4/c1-13(2)28-20-16(21)9-14(10-17(20)27-3)12-22-24-19(26)11-18(25)23-15-7-5-4-6-8-15/h4-10,12-13H,11H2,1-3H3,(H,23,25)(H,24,26). The third-order valence-corrected chi connectivity index (χ3v) is 3.98. The molecule has 148 valence electrons. The van der Waals surface area contributed by atoms with Crippen LogP contribution in [-0.4, -0.2) is 31.2 Å². The summed E-state index contributed by atoms with van der Waals surface area (Å²) in [7, 11) is 1.54. The van der Waals surface area contributed by atoms with E-state index in [1.165, 1.54) is 6.21 Å². The highest BCUT2D eigenvalue weighted by Crippen LogP contribution is 2.36. The molecule has 7 nitrogen and oxygen atoms in total. The number of amides is 2. The maximum absolute atomic E-state index is 11.9. The second-order valence-corrected chi connectivity index (χ2v) is 6.94. The molecule has 8 heteroatoms. The molecule has 0 saturated carbocycles. The van der Waals surface area contributed by atoms with Gasteiger partial charge in [0.2, 0.25) is 11.8 Å². The van der Waals surface area contributed by atoms with Crippen molar-refractivity contribution in [3.63, 3.8) is 0 Å². The van der Waals surface area contributed by atoms with Gasteiger partial charge in [-0.05, 0) is 59.6 Å². The highest BCUT2D eigenvalue weighted by molar-refractivity contribution is 9.10. The molecular formula is C20H22BrN3O4. The number of hydrogen-bond donors (Lipinski definition) is 2. The van der Waals surface area contributed by atoms with Crippen molar-refractivity contribution < 1.29 is 19.1 Å². The summed E-state index contributed by atoms with van der Waals surface area (Å²) in [4.78, 5) is 23.7. The minimum Gasteiger partial charge on any atom is -0.493 e. The molecule has 0 spiro atoms. The van der Waals surface area contributed by atoms with Gasteiger partial charge >= 0.3 is 0 Å². The summed E-state index contributed by atoms with van der Waals surface area (Å²) in [6.07, 6.45) is 1.12. The molecule has 2 aromatic carbocycles. The minimum atomic E-state index is -0.518. The molecule has 0 bridgehead atoms. The first kappa shape index (κ1) is 21.4. The molecule has 0 aromatic heterocycles. The average Bonchev–Trinajstić information content (AvgIpc) is 2.64. The van der Waals surface area contributed by atoms with Crippen molar-refractivity contribution in [1.82, 2.24) is 5.43 Å². The van der Waals surface area contributed by atoms with E-state index in [4.69, 9.17) is 9.47 Å². The monoisotopic (exact) mass is 447 g/mol. The second-order valence-electron chi connectivity index (χ2n) is 6.08. The number of benzene rings is 2. The van der Waals surface area contributed by atoms with Gasteiger partial charge in [-0.2, -0.15) is 5.10 Å². The Morgan fingerprint density at radius 3 is 2.54 bits per heavy atom. The Kier molecular flexibility index (Phi) is 8.01. The van der Waals surface area contributed by atoms with Crippen LogP contribution in [0, 0.1) is 0 Å². The Morgan fingerprint density at radius 1 is 1.18 bits per heavy atom. The number of methoxy groups -OCH3 is 1. The number of carbonyl (C=O) groups is 2. The number of ether oxygens (including phenoxy) is 2. The molecule has 0 saturated heterocycles. The summed E-state index contributed by atoms with van der Waals surface area (Å²) in [5, 5.41) is 6.52. The molecule has 28 heavy (non-hydrogen) atoms.